The summed E-state index contributed by atoms with van der Waals surface area (Å²) in [4.78, 5) is 31.1. The van der Waals surface area contributed by atoms with Crippen LogP contribution < -0.4 is 10.1 Å². The first kappa shape index (κ1) is 24.8. The van der Waals surface area contributed by atoms with E-state index in [2.05, 4.69) is 10.2 Å². The molecule has 0 radical (unpaired) electrons. The number of carbonyl (C=O) groups excluding carboxylic acids is 2. The van der Waals surface area contributed by atoms with Gasteiger partial charge in [0.25, 0.3) is 5.91 Å². The third kappa shape index (κ3) is 5.90. The minimum atomic E-state index is -0.418. The molecule has 3 aliphatic rings. The van der Waals surface area contributed by atoms with Gasteiger partial charge in [-0.1, -0.05) is 43.2 Å². The van der Waals surface area contributed by atoms with Crippen LogP contribution in [-0.2, 0) is 16.1 Å². The Kier molecular flexibility index (Phi) is 8.18. The fourth-order valence-electron chi connectivity index (χ4n) is 5.89. The molecule has 3 fully saturated rings. The Balaban J connectivity index is 1.19. The Morgan fingerprint density at radius 3 is 2.64 bits per heavy atom. The van der Waals surface area contributed by atoms with Gasteiger partial charge in [-0.2, -0.15) is 0 Å². The molecule has 192 valence electrons. The van der Waals surface area contributed by atoms with E-state index in [-0.39, 0.29) is 17.9 Å². The maximum atomic E-state index is 13.5. The van der Waals surface area contributed by atoms with Crippen molar-refractivity contribution >= 4 is 11.8 Å². The zero-order chi connectivity index (χ0) is 24.7. The first-order valence-corrected chi connectivity index (χ1v) is 13.4. The number of rotatable bonds is 8. The molecule has 0 spiro atoms. The zero-order valence-electron chi connectivity index (χ0n) is 20.9. The van der Waals surface area contributed by atoms with Crippen LogP contribution in [0.25, 0.3) is 0 Å². The number of nitrogens with zero attached hydrogens (tertiary/aromatic N) is 2. The molecule has 1 aliphatic carbocycles. The standard InChI is InChI=1S/C29H37N3O4/c33-28(30-21-22-7-6-11-25(19-22)36-18-15-31-13-16-35-17-14-31)27-20-24-10-4-5-12-26(24)32(27)29(34)23-8-2-1-3-9-23/h1-3,6-9,11,19,24,26-27H,4-5,10,12-18,20-21H2,(H,30,33). The quantitative estimate of drug-likeness (QED) is 0.612. The van der Waals surface area contributed by atoms with Crippen molar-refractivity contribution in [3.63, 3.8) is 0 Å². The molecule has 2 aromatic carbocycles. The lowest BCUT2D eigenvalue weighted by Crippen LogP contribution is -2.49. The minimum absolute atomic E-state index is 0.0270. The van der Waals surface area contributed by atoms with Crippen molar-refractivity contribution in [1.82, 2.24) is 15.1 Å². The highest BCUT2D eigenvalue weighted by molar-refractivity contribution is 5.98. The van der Waals surface area contributed by atoms with Crippen LogP contribution in [0.3, 0.4) is 0 Å². The number of ether oxygens (including phenoxy) is 2. The lowest BCUT2D eigenvalue weighted by Gasteiger charge is -2.33. The molecule has 36 heavy (non-hydrogen) atoms. The Labute approximate surface area is 213 Å². The molecule has 7 heteroatoms. The summed E-state index contributed by atoms with van der Waals surface area (Å²) in [5.74, 6) is 1.13. The van der Waals surface area contributed by atoms with Gasteiger partial charge in [0.1, 0.15) is 18.4 Å². The van der Waals surface area contributed by atoms with E-state index >= 15 is 0 Å². The second kappa shape index (κ2) is 11.9. The summed E-state index contributed by atoms with van der Waals surface area (Å²) in [6, 6.07) is 17.0. The highest BCUT2D eigenvalue weighted by atomic mass is 16.5. The molecule has 3 atom stereocenters. The molecule has 2 aromatic rings. The van der Waals surface area contributed by atoms with Gasteiger partial charge < -0.3 is 19.7 Å². The molecular formula is C29H37N3O4. The maximum Gasteiger partial charge on any atom is 0.254 e. The molecule has 0 aromatic heterocycles. The number of benzene rings is 2. The molecule has 2 aliphatic heterocycles. The number of hydrogen-bond donors (Lipinski definition) is 1. The van der Waals surface area contributed by atoms with E-state index in [0.717, 1.165) is 69.8 Å². The van der Waals surface area contributed by atoms with E-state index in [1.807, 2.05) is 59.5 Å². The van der Waals surface area contributed by atoms with Gasteiger partial charge >= 0.3 is 0 Å². The molecule has 2 saturated heterocycles. The fraction of sp³-hybridized carbons (Fsp3) is 0.517. The molecule has 2 heterocycles. The van der Waals surface area contributed by atoms with E-state index in [9.17, 15) is 9.59 Å². The van der Waals surface area contributed by atoms with Crippen molar-refractivity contribution in [3.8, 4) is 5.75 Å². The molecule has 2 amide bonds. The monoisotopic (exact) mass is 491 g/mol. The van der Waals surface area contributed by atoms with Crippen LogP contribution in [-0.4, -0.2) is 73.2 Å². The van der Waals surface area contributed by atoms with Crippen molar-refractivity contribution in [2.45, 2.75) is 50.7 Å². The van der Waals surface area contributed by atoms with Gasteiger partial charge in [0, 0.05) is 37.8 Å². The summed E-state index contributed by atoms with van der Waals surface area (Å²) in [7, 11) is 0. The Hall–Kier alpha value is -2.90. The normalized spacial score (nSPS) is 24.2. The van der Waals surface area contributed by atoms with Crippen molar-refractivity contribution in [1.29, 1.82) is 0 Å². The van der Waals surface area contributed by atoms with Crippen molar-refractivity contribution in [2.24, 2.45) is 5.92 Å². The average molecular weight is 492 g/mol. The van der Waals surface area contributed by atoms with E-state index in [1.54, 1.807) is 0 Å². The maximum absolute atomic E-state index is 13.5. The summed E-state index contributed by atoms with van der Waals surface area (Å²) in [5, 5.41) is 3.11. The Morgan fingerprint density at radius 2 is 1.81 bits per heavy atom. The number of fused-ring (bicyclic) bond motifs is 1. The summed E-state index contributed by atoms with van der Waals surface area (Å²) < 4.78 is 11.4. The van der Waals surface area contributed by atoms with Crippen molar-refractivity contribution < 1.29 is 19.1 Å². The topological polar surface area (TPSA) is 71.1 Å². The van der Waals surface area contributed by atoms with E-state index in [1.165, 1.54) is 6.42 Å². The highest BCUT2D eigenvalue weighted by Gasteiger charge is 2.47. The summed E-state index contributed by atoms with van der Waals surface area (Å²) in [6.45, 7) is 5.37. The number of likely N-dealkylation sites (tertiary alicyclic amines) is 1. The van der Waals surface area contributed by atoms with Crippen LogP contribution in [0.2, 0.25) is 0 Å². The van der Waals surface area contributed by atoms with Crippen LogP contribution >= 0.6 is 0 Å². The van der Waals surface area contributed by atoms with Gasteiger partial charge in [0.15, 0.2) is 0 Å². The zero-order valence-corrected chi connectivity index (χ0v) is 20.9. The second-order valence-electron chi connectivity index (χ2n) is 10.1. The Morgan fingerprint density at radius 1 is 1.00 bits per heavy atom. The molecule has 1 N–H and O–H groups in total. The predicted octanol–water partition coefficient (Wildman–Crippen LogP) is 3.49. The van der Waals surface area contributed by atoms with Crippen LogP contribution in [0.15, 0.2) is 54.6 Å². The minimum Gasteiger partial charge on any atom is -0.492 e. The smallest absolute Gasteiger partial charge is 0.254 e. The summed E-state index contributed by atoms with van der Waals surface area (Å²) in [5.41, 5.74) is 1.65. The van der Waals surface area contributed by atoms with Crippen LogP contribution in [0.5, 0.6) is 5.75 Å². The number of carbonyl (C=O) groups is 2. The third-order valence-corrected chi connectivity index (χ3v) is 7.79. The first-order chi connectivity index (χ1) is 17.7. The lowest BCUT2D eigenvalue weighted by molar-refractivity contribution is -0.125. The van der Waals surface area contributed by atoms with Gasteiger partial charge in [0.05, 0.1) is 13.2 Å². The first-order valence-electron chi connectivity index (χ1n) is 13.4. The highest BCUT2D eigenvalue weighted by Crippen LogP contribution is 2.40. The van der Waals surface area contributed by atoms with Crippen molar-refractivity contribution in [2.75, 3.05) is 39.5 Å². The van der Waals surface area contributed by atoms with E-state index in [4.69, 9.17) is 9.47 Å². The van der Waals surface area contributed by atoms with Gasteiger partial charge in [-0.15, -0.1) is 0 Å². The van der Waals surface area contributed by atoms with Gasteiger partial charge in [-0.25, -0.2) is 0 Å². The molecule has 7 nitrogen and oxygen atoms in total. The Bertz CT molecular complexity index is 1020. The van der Waals surface area contributed by atoms with Crippen LogP contribution in [0.4, 0.5) is 0 Å². The van der Waals surface area contributed by atoms with Crippen molar-refractivity contribution in [3.05, 3.63) is 65.7 Å². The molecular weight excluding hydrogens is 454 g/mol. The van der Waals surface area contributed by atoms with E-state index < -0.39 is 6.04 Å². The summed E-state index contributed by atoms with van der Waals surface area (Å²) in [6.07, 6.45) is 5.13. The van der Waals surface area contributed by atoms with Gasteiger partial charge in [-0.3, -0.25) is 14.5 Å². The van der Waals surface area contributed by atoms with Crippen LogP contribution in [0, 0.1) is 5.92 Å². The number of amides is 2. The predicted molar refractivity (Wildman–Crippen MR) is 138 cm³/mol. The average Bonchev–Trinajstić information content (AvgIpc) is 3.32. The largest absolute Gasteiger partial charge is 0.492 e. The third-order valence-electron chi connectivity index (χ3n) is 7.79. The SMILES string of the molecule is O=C(NCc1cccc(OCCN2CCOCC2)c1)C1CC2CCCCC2N1C(=O)c1ccccc1. The summed E-state index contributed by atoms with van der Waals surface area (Å²) >= 11 is 0. The van der Waals surface area contributed by atoms with E-state index in [0.29, 0.717) is 24.6 Å². The lowest BCUT2D eigenvalue weighted by atomic mass is 9.84. The van der Waals surface area contributed by atoms with Crippen LogP contribution in [0.1, 0.15) is 48.0 Å². The number of morpholine rings is 1. The molecule has 1 saturated carbocycles. The molecule has 5 rings (SSSR count). The molecule has 3 unspecified atom stereocenters. The second-order valence-corrected chi connectivity index (χ2v) is 10.1. The number of nitrogens with one attached hydrogen (secondary N) is 1. The van der Waals surface area contributed by atoms with Gasteiger partial charge in [-0.05, 0) is 55.0 Å². The number of hydrogen-bond acceptors (Lipinski definition) is 5. The fourth-order valence-corrected chi connectivity index (χ4v) is 5.89. The molecule has 0 bridgehead atoms. The van der Waals surface area contributed by atoms with Gasteiger partial charge in [0.2, 0.25) is 5.91 Å².